The molecule has 4 aromatic heterocycles. The summed E-state index contributed by atoms with van der Waals surface area (Å²) >= 11 is 1.61. The van der Waals surface area contributed by atoms with Gasteiger partial charge >= 0.3 is 0 Å². The molecule has 0 unspecified atom stereocenters. The number of pyridine rings is 2. The van der Waals surface area contributed by atoms with Gasteiger partial charge in [-0.25, -0.2) is 4.98 Å². The van der Waals surface area contributed by atoms with E-state index in [1.165, 1.54) is 20.6 Å². The van der Waals surface area contributed by atoms with Gasteiger partial charge in [0.1, 0.15) is 11.5 Å². The molecule has 38 heavy (non-hydrogen) atoms. The number of nitrogens with zero attached hydrogens (tertiary/aromatic N) is 6. The Morgan fingerprint density at radius 3 is 2.71 bits per heavy atom. The van der Waals surface area contributed by atoms with Crippen molar-refractivity contribution in [3.05, 3.63) is 67.5 Å². The van der Waals surface area contributed by atoms with E-state index < -0.39 is 0 Å². The van der Waals surface area contributed by atoms with Gasteiger partial charge in [-0.3, -0.25) is 19.2 Å². The van der Waals surface area contributed by atoms with E-state index in [0.29, 0.717) is 40.6 Å². The maximum Gasteiger partial charge on any atom is 0.274 e. The SMILES string of the molecule is Cn1cc(Nc2cc(-c3ccnc(N4CCc5c(sc6c5CC(C)(C)C6)C4=O)c3CO)cn(C)c2=O)nn1. The maximum absolute atomic E-state index is 13.7. The molecule has 1 aliphatic heterocycles. The lowest BCUT2D eigenvalue weighted by Gasteiger charge is -2.29. The third-order valence-electron chi connectivity index (χ3n) is 7.33. The first-order valence-electron chi connectivity index (χ1n) is 12.5. The van der Waals surface area contributed by atoms with Crippen molar-refractivity contribution in [1.29, 1.82) is 0 Å². The number of amides is 1. The normalized spacial score (nSPS) is 16.0. The highest BCUT2D eigenvalue weighted by Gasteiger charge is 2.38. The van der Waals surface area contributed by atoms with E-state index in [2.05, 4.69) is 34.5 Å². The van der Waals surface area contributed by atoms with Crippen LogP contribution in [0.2, 0.25) is 0 Å². The first-order valence-corrected chi connectivity index (χ1v) is 13.4. The fraction of sp³-hybridized carbons (Fsp3) is 0.370. The van der Waals surface area contributed by atoms with E-state index >= 15 is 0 Å². The lowest BCUT2D eigenvalue weighted by molar-refractivity contribution is 0.0983. The third-order valence-corrected chi connectivity index (χ3v) is 8.59. The predicted octanol–water partition coefficient (Wildman–Crippen LogP) is 3.20. The summed E-state index contributed by atoms with van der Waals surface area (Å²) in [7, 11) is 3.41. The van der Waals surface area contributed by atoms with Crippen LogP contribution in [0, 0.1) is 5.41 Å². The molecule has 0 fully saturated rings. The minimum absolute atomic E-state index is 0.0618. The Morgan fingerprint density at radius 2 is 1.97 bits per heavy atom. The number of aryl methyl sites for hydroxylation is 2. The topological polar surface area (TPSA) is 118 Å². The molecule has 6 rings (SSSR count). The molecule has 11 heteroatoms. The second-order valence-corrected chi connectivity index (χ2v) is 11.9. The number of thiophene rings is 1. The van der Waals surface area contributed by atoms with Gasteiger partial charge in [-0.15, -0.1) is 16.4 Å². The number of anilines is 3. The number of hydrogen-bond donors (Lipinski definition) is 2. The average Bonchev–Trinajstić information content (AvgIpc) is 3.53. The first kappa shape index (κ1) is 24.5. The zero-order valence-electron chi connectivity index (χ0n) is 21.8. The minimum Gasteiger partial charge on any atom is -0.392 e. The van der Waals surface area contributed by atoms with Crippen LogP contribution < -0.4 is 15.8 Å². The molecule has 1 amide bonds. The average molecular weight is 532 g/mol. The highest BCUT2D eigenvalue weighted by Crippen LogP contribution is 2.46. The summed E-state index contributed by atoms with van der Waals surface area (Å²) in [5, 5.41) is 21.4. The van der Waals surface area contributed by atoms with Crippen LogP contribution in [0.5, 0.6) is 0 Å². The zero-order chi connectivity index (χ0) is 26.8. The van der Waals surface area contributed by atoms with Crippen LogP contribution in [0.25, 0.3) is 11.1 Å². The van der Waals surface area contributed by atoms with E-state index in [9.17, 15) is 14.7 Å². The van der Waals surface area contributed by atoms with Crippen molar-refractivity contribution in [1.82, 2.24) is 24.5 Å². The van der Waals surface area contributed by atoms with Crippen LogP contribution in [0.1, 0.15) is 45.1 Å². The van der Waals surface area contributed by atoms with Crippen molar-refractivity contribution < 1.29 is 9.90 Å². The van der Waals surface area contributed by atoms with E-state index in [1.807, 2.05) is 0 Å². The van der Waals surface area contributed by atoms with Gasteiger partial charge in [0.15, 0.2) is 5.82 Å². The van der Waals surface area contributed by atoms with Gasteiger partial charge in [0.2, 0.25) is 0 Å². The molecule has 0 bridgehead atoms. The Bertz CT molecular complexity index is 1650. The van der Waals surface area contributed by atoms with Crippen LogP contribution in [0.3, 0.4) is 0 Å². The molecule has 0 atom stereocenters. The summed E-state index contributed by atoms with van der Waals surface area (Å²) in [4.78, 5) is 34.9. The summed E-state index contributed by atoms with van der Waals surface area (Å²) < 4.78 is 3.02. The third kappa shape index (κ3) is 4.02. The monoisotopic (exact) mass is 531 g/mol. The number of fused-ring (bicyclic) bond motifs is 3. The van der Waals surface area contributed by atoms with Crippen molar-refractivity contribution in [2.45, 2.75) is 39.7 Å². The van der Waals surface area contributed by atoms with Gasteiger partial charge in [0, 0.05) is 49.0 Å². The lowest BCUT2D eigenvalue weighted by Crippen LogP contribution is -2.38. The molecule has 2 N–H and O–H groups in total. The molecule has 196 valence electrons. The second kappa shape index (κ2) is 8.88. The van der Waals surface area contributed by atoms with E-state index in [1.54, 1.807) is 65.7 Å². The molecule has 0 aromatic carbocycles. The Hall–Kier alpha value is -3.83. The Balaban J connectivity index is 1.38. The molecule has 10 nitrogen and oxygen atoms in total. The van der Waals surface area contributed by atoms with Crippen molar-refractivity contribution in [2.24, 2.45) is 19.5 Å². The van der Waals surface area contributed by atoms with Gasteiger partial charge in [0.25, 0.3) is 11.5 Å². The number of hydrogen-bond acceptors (Lipinski definition) is 8. The summed E-state index contributed by atoms with van der Waals surface area (Å²) in [6.45, 7) is 4.75. The van der Waals surface area contributed by atoms with Crippen molar-refractivity contribution in [3.63, 3.8) is 0 Å². The Labute approximate surface area is 223 Å². The number of aliphatic hydroxyl groups excluding tert-OH is 1. The molecule has 5 heterocycles. The quantitative estimate of drug-likeness (QED) is 0.406. The first-order chi connectivity index (χ1) is 18.1. The Morgan fingerprint density at radius 1 is 1.16 bits per heavy atom. The summed E-state index contributed by atoms with van der Waals surface area (Å²) in [5.74, 6) is 0.834. The fourth-order valence-corrected chi connectivity index (χ4v) is 7.17. The number of aliphatic hydroxyl groups is 1. The smallest absolute Gasteiger partial charge is 0.274 e. The minimum atomic E-state index is -0.306. The number of nitrogens with one attached hydrogen (secondary N) is 1. The predicted molar refractivity (Wildman–Crippen MR) is 146 cm³/mol. The van der Waals surface area contributed by atoms with Crippen molar-refractivity contribution in [2.75, 3.05) is 16.8 Å². The van der Waals surface area contributed by atoms with Crippen molar-refractivity contribution >= 4 is 34.6 Å². The van der Waals surface area contributed by atoms with E-state index in [4.69, 9.17) is 0 Å². The molecule has 1 aliphatic carbocycles. The molecular formula is C27H29N7O3S. The molecule has 0 saturated carbocycles. The summed E-state index contributed by atoms with van der Waals surface area (Å²) in [6.07, 6.45) is 7.81. The molecule has 0 spiro atoms. The highest BCUT2D eigenvalue weighted by atomic mass is 32.1. The molecule has 2 aliphatic rings. The van der Waals surface area contributed by atoms with Crippen LogP contribution >= 0.6 is 11.3 Å². The van der Waals surface area contributed by atoms with E-state index in [0.717, 1.165) is 24.1 Å². The van der Waals surface area contributed by atoms with Crippen LogP contribution in [0.15, 0.2) is 35.5 Å². The molecule has 0 radical (unpaired) electrons. The molecule has 4 aromatic rings. The maximum atomic E-state index is 13.7. The van der Waals surface area contributed by atoms with Crippen LogP contribution in [-0.2, 0) is 40.0 Å². The van der Waals surface area contributed by atoms with Gasteiger partial charge in [-0.2, -0.15) is 0 Å². The van der Waals surface area contributed by atoms with Gasteiger partial charge in [0.05, 0.1) is 17.7 Å². The fourth-order valence-electron chi connectivity index (χ4n) is 5.59. The Kier molecular flexibility index (Phi) is 5.73. The van der Waals surface area contributed by atoms with Crippen LogP contribution in [-0.4, -0.2) is 42.1 Å². The molecule has 0 saturated heterocycles. The lowest BCUT2D eigenvalue weighted by atomic mass is 9.89. The van der Waals surface area contributed by atoms with Crippen molar-refractivity contribution in [3.8, 4) is 11.1 Å². The standard InChI is InChI=1S/C27H29N7O3S/c1-27(2)10-18-17-6-8-34(26(37)23(17)38-21(18)11-27)24-19(14-35)16(5-7-28-24)15-9-20(25(36)32(3)12-15)29-22-13-33(4)31-30-22/h5,7,9,12-13,29,35H,6,8,10-11,14H2,1-4H3. The number of rotatable bonds is 5. The van der Waals surface area contributed by atoms with Gasteiger partial charge < -0.3 is 15.0 Å². The highest BCUT2D eigenvalue weighted by molar-refractivity contribution is 7.14. The van der Waals surface area contributed by atoms with Crippen LogP contribution in [0.4, 0.5) is 17.3 Å². The van der Waals surface area contributed by atoms with E-state index in [-0.39, 0.29) is 23.5 Å². The molecular weight excluding hydrogens is 502 g/mol. The second-order valence-electron chi connectivity index (χ2n) is 10.8. The van der Waals surface area contributed by atoms with Gasteiger partial charge in [-0.05, 0) is 53.5 Å². The summed E-state index contributed by atoms with van der Waals surface area (Å²) in [6, 6.07) is 3.51. The zero-order valence-corrected chi connectivity index (χ0v) is 22.6. The summed E-state index contributed by atoms with van der Waals surface area (Å²) in [5.41, 5.74) is 4.83. The van der Waals surface area contributed by atoms with Gasteiger partial charge in [-0.1, -0.05) is 19.1 Å². The number of aromatic nitrogens is 5. The number of carbonyl (C=O) groups excluding carboxylic acids is 1. The number of carbonyl (C=O) groups is 1. The largest absolute Gasteiger partial charge is 0.392 e.